The maximum Gasteiger partial charge on any atom is 0.472 e. The van der Waals surface area contributed by atoms with Crippen molar-refractivity contribution in [3.05, 3.63) is 158 Å². The zero-order valence-electron chi connectivity index (χ0n) is 68.4. The van der Waals surface area contributed by atoms with E-state index in [2.05, 4.69) is 179 Å². The maximum absolute atomic E-state index is 13.0. The molecule has 0 aromatic rings. The highest BCUT2D eigenvalue weighted by molar-refractivity contribution is 7.47. The summed E-state index contributed by atoms with van der Waals surface area (Å²) in [5, 5.41) is 20.7. The van der Waals surface area contributed by atoms with Crippen LogP contribution in [0.4, 0.5) is 0 Å². The molecule has 4 N–H and O–H groups in total. The van der Waals surface area contributed by atoms with E-state index in [4.69, 9.17) is 32.3 Å². The third kappa shape index (κ3) is 83.9. The summed E-state index contributed by atoms with van der Waals surface area (Å²) in [6, 6.07) is 0. The molecule has 624 valence electrons. The first-order chi connectivity index (χ1) is 53.2. The highest BCUT2D eigenvalue weighted by Gasteiger charge is 2.29. The van der Waals surface area contributed by atoms with Crippen molar-refractivity contribution in [2.24, 2.45) is 0 Å². The van der Waals surface area contributed by atoms with Crippen LogP contribution >= 0.6 is 15.6 Å². The minimum Gasteiger partial charge on any atom is -0.463 e. The maximum atomic E-state index is 13.0. The molecule has 0 fully saturated rings. The van der Waals surface area contributed by atoms with Gasteiger partial charge in [-0.1, -0.05) is 326 Å². The normalized spacial score (nSPS) is 14.7. The summed E-state index contributed by atoms with van der Waals surface area (Å²) in [5.74, 6) is -1.62. The van der Waals surface area contributed by atoms with E-state index in [9.17, 15) is 43.5 Å². The van der Waals surface area contributed by atoms with Crippen LogP contribution in [-0.2, 0) is 55.8 Å². The van der Waals surface area contributed by atoms with Gasteiger partial charge in [0.05, 0.1) is 26.4 Å². The van der Waals surface area contributed by atoms with Gasteiger partial charge in [-0.25, -0.2) is 9.13 Å². The Kier molecular flexibility index (Phi) is 79.0. The van der Waals surface area contributed by atoms with Gasteiger partial charge in [0.15, 0.2) is 6.10 Å². The Labute approximate surface area is 663 Å². The topological polar surface area (TPSA) is 231 Å². The van der Waals surface area contributed by atoms with Crippen LogP contribution in [0, 0.1) is 0 Å². The molecule has 0 aromatic carbocycles. The second kappa shape index (κ2) is 82.6. The van der Waals surface area contributed by atoms with Crippen molar-refractivity contribution in [3.8, 4) is 0 Å². The van der Waals surface area contributed by atoms with Crippen molar-refractivity contribution < 1.29 is 75.8 Å². The van der Waals surface area contributed by atoms with Crippen molar-refractivity contribution in [1.29, 1.82) is 0 Å². The van der Waals surface area contributed by atoms with E-state index in [1.165, 1.54) is 135 Å². The first-order valence-electron chi connectivity index (χ1n) is 42.8. The number of hydrogen-bond donors (Lipinski definition) is 4. The molecule has 0 rings (SSSR count). The van der Waals surface area contributed by atoms with Crippen LogP contribution < -0.4 is 0 Å². The molecule has 0 aliphatic heterocycles. The van der Waals surface area contributed by atoms with Crippen LogP contribution in [-0.4, -0.2) is 95.9 Å². The second-order valence-corrected chi connectivity index (χ2v) is 31.2. The van der Waals surface area contributed by atoms with Gasteiger partial charge >= 0.3 is 33.6 Å². The molecule has 0 radical (unpaired) electrons. The summed E-state index contributed by atoms with van der Waals surface area (Å²) in [7, 11) is -9.82. The monoisotopic (exact) mass is 1570 g/mol. The Balaban J connectivity index is 4.65. The minimum atomic E-state index is -4.95. The summed E-state index contributed by atoms with van der Waals surface area (Å²) in [4.78, 5) is 58.8. The van der Waals surface area contributed by atoms with Gasteiger partial charge < -0.3 is 34.2 Å². The van der Waals surface area contributed by atoms with Gasteiger partial charge in [-0.05, 0) is 154 Å². The Hall–Kier alpha value is -4.83. The molecule has 5 atom stereocenters. The Morgan fingerprint density at radius 3 is 0.780 bits per heavy atom. The number of esters is 3. The number of ether oxygens (including phenoxy) is 3. The molecule has 5 unspecified atom stereocenters. The number of phosphoric ester groups is 2. The summed E-state index contributed by atoms with van der Waals surface area (Å²) >= 11 is 0. The van der Waals surface area contributed by atoms with E-state index < -0.39 is 91.5 Å². The molecule has 0 spiro atoms. The third-order valence-electron chi connectivity index (χ3n) is 17.7. The molecule has 0 saturated heterocycles. The average molecular weight is 1570 g/mol. The van der Waals surface area contributed by atoms with Crippen LogP contribution in [0.25, 0.3) is 0 Å². The quantitative estimate of drug-likeness (QED) is 0.0146. The third-order valence-corrected chi connectivity index (χ3v) is 19.6. The van der Waals surface area contributed by atoms with E-state index in [-0.39, 0.29) is 19.3 Å². The van der Waals surface area contributed by atoms with Crippen molar-refractivity contribution in [3.63, 3.8) is 0 Å². The predicted molar refractivity (Wildman–Crippen MR) is 454 cm³/mol. The highest BCUT2D eigenvalue weighted by Crippen LogP contribution is 2.45. The van der Waals surface area contributed by atoms with Crippen molar-refractivity contribution >= 4 is 33.6 Å². The minimum absolute atomic E-state index is 0.0602. The number of aliphatic hydroxyl groups is 2. The summed E-state index contributed by atoms with van der Waals surface area (Å²) in [5.41, 5.74) is 0. The van der Waals surface area contributed by atoms with Crippen molar-refractivity contribution in [2.75, 3.05) is 39.6 Å². The number of allylic oxidation sites excluding steroid dienone is 26. The van der Waals surface area contributed by atoms with Crippen LogP contribution in [0.1, 0.15) is 342 Å². The van der Waals surface area contributed by atoms with E-state index in [0.29, 0.717) is 19.3 Å². The number of phosphoric acid groups is 2. The van der Waals surface area contributed by atoms with E-state index in [1.807, 2.05) is 0 Å². The highest BCUT2D eigenvalue weighted by atomic mass is 31.2. The lowest BCUT2D eigenvalue weighted by atomic mass is 10.0. The number of unbranched alkanes of at least 4 members (excludes halogenated alkanes) is 31. The summed E-state index contributed by atoms with van der Waals surface area (Å²) in [6.45, 7) is 2.48. The van der Waals surface area contributed by atoms with Gasteiger partial charge in [0.1, 0.15) is 25.4 Å². The second-order valence-electron chi connectivity index (χ2n) is 28.2. The molecule has 0 aliphatic rings. The van der Waals surface area contributed by atoms with Crippen LogP contribution in [0.2, 0.25) is 0 Å². The lowest BCUT2D eigenvalue weighted by Crippen LogP contribution is -2.30. The summed E-state index contributed by atoms with van der Waals surface area (Å²) < 4.78 is 61.3. The lowest BCUT2D eigenvalue weighted by Gasteiger charge is -2.21. The number of aliphatic hydroxyl groups excluding tert-OH is 2. The van der Waals surface area contributed by atoms with Gasteiger partial charge in [0.25, 0.3) is 0 Å². The molecule has 16 nitrogen and oxygen atoms in total. The Morgan fingerprint density at radius 2 is 0.486 bits per heavy atom. The van der Waals surface area contributed by atoms with Crippen LogP contribution in [0.3, 0.4) is 0 Å². The standard InChI is InChI=1S/C91H154O16P2/c1-4-7-10-13-16-19-22-25-28-31-34-36-38-40-42-44-46-48-51-53-56-59-62-65-68-71-74-77-89(94)101-80-86(92)81-103-108(97,98)104-82-87(93)83-105-109(99,100)106-85-88(107-91(96)79-76-73-70-67-64-61-58-55-50-33-30-27-24-21-18-15-12-9-6-3)84-102-90(95)78-75-72-69-66-63-60-57-54-52-49-47-45-43-41-39-37-35-32-29-26-23-20-17-14-11-8-5-2/h9,12,16-21,25-30,34-37,40-43,50,55,61,64,86-88,92-93H,4-8,10-11,13-15,22-24,31-33,38-39,44-49,51-54,56-60,62-63,65-85H2,1-3H3,(H,97,98)(H,99,100)/b12-9-,19-16-,20-17-,21-18-,28-25-,29-26-,30-27-,36-34-,37-35-,42-40-,43-41-,55-50-,64-61-. The van der Waals surface area contributed by atoms with Crippen LogP contribution in [0.5, 0.6) is 0 Å². The first kappa shape index (κ1) is 104. The first-order valence-corrected chi connectivity index (χ1v) is 45.8. The zero-order chi connectivity index (χ0) is 79.4. The van der Waals surface area contributed by atoms with Gasteiger partial charge in [0.2, 0.25) is 0 Å². The number of carbonyl (C=O) groups is 3. The van der Waals surface area contributed by atoms with Gasteiger partial charge in [-0.3, -0.25) is 32.5 Å². The molecule has 18 heteroatoms. The van der Waals surface area contributed by atoms with Gasteiger partial charge in [-0.2, -0.15) is 0 Å². The largest absolute Gasteiger partial charge is 0.472 e. The lowest BCUT2D eigenvalue weighted by molar-refractivity contribution is -0.161. The van der Waals surface area contributed by atoms with Gasteiger partial charge in [-0.15, -0.1) is 0 Å². The fraction of sp³-hybridized carbons (Fsp3) is 0.681. The van der Waals surface area contributed by atoms with E-state index in [1.54, 1.807) is 0 Å². The number of carbonyl (C=O) groups excluding carboxylic acids is 3. The van der Waals surface area contributed by atoms with Crippen LogP contribution in [0.15, 0.2) is 158 Å². The fourth-order valence-corrected chi connectivity index (χ4v) is 12.8. The molecule has 0 saturated carbocycles. The molecular weight excluding hydrogens is 1410 g/mol. The molecule has 0 aliphatic carbocycles. The molecule has 0 heterocycles. The number of hydrogen-bond acceptors (Lipinski definition) is 14. The average Bonchev–Trinajstić information content (AvgIpc) is 0.904. The van der Waals surface area contributed by atoms with Gasteiger partial charge in [0, 0.05) is 19.3 Å². The SMILES string of the molecule is CC/C=C\C/C=C\C/C=C\C/C=C\C/C=C\CCCCCC(=O)OC(COC(=O)CCCCCCCCCCCCC/C=C\C/C=C\C/C=C\C/C=C\CCCCC)COP(=O)(O)OCC(O)COP(=O)(O)OCC(O)COC(=O)CCCCCCCCCCCCC/C=C\C/C=C\C/C=C\C/C=C\CCCCC. The number of rotatable bonds is 80. The Morgan fingerprint density at radius 1 is 0.266 bits per heavy atom. The zero-order valence-corrected chi connectivity index (χ0v) is 70.2. The predicted octanol–water partition coefficient (Wildman–Crippen LogP) is 25.8. The molecule has 109 heavy (non-hydrogen) atoms. The molecule has 0 aromatic heterocycles. The molecule has 0 bridgehead atoms. The van der Waals surface area contributed by atoms with E-state index in [0.717, 1.165) is 148 Å². The fourth-order valence-electron chi connectivity index (χ4n) is 11.2. The molecule has 0 amide bonds. The van der Waals surface area contributed by atoms with Crippen molar-refractivity contribution in [2.45, 2.75) is 360 Å². The smallest absolute Gasteiger partial charge is 0.463 e. The molecular formula is C91H154O16P2. The van der Waals surface area contributed by atoms with E-state index >= 15 is 0 Å². The van der Waals surface area contributed by atoms with Crippen molar-refractivity contribution in [1.82, 2.24) is 0 Å². The Bertz CT molecular complexity index is 2610. The summed E-state index contributed by atoms with van der Waals surface area (Å²) in [6.07, 6.45) is 104.